The first-order chi connectivity index (χ1) is 14.0. The van der Waals surface area contributed by atoms with Crippen molar-refractivity contribution >= 4 is 29.1 Å². The molecule has 4 rings (SSSR count). The van der Waals surface area contributed by atoms with Gasteiger partial charge in [-0.05, 0) is 37.0 Å². The third-order valence-corrected chi connectivity index (χ3v) is 5.91. The van der Waals surface area contributed by atoms with Crippen LogP contribution in [0, 0.1) is 12.8 Å². The molecule has 3 aromatic rings. The third-order valence-electron chi connectivity index (χ3n) is 4.86. The Morgan fingerprint density at radius 3 is 2.41 bits per heavy atom. The number of rotatable bonds is 6. The number of hydrogen-bond donors (Lipinski definition) is 1. The van der Waals surface area contributed by atoms with Gasteiger partial charge in [0.05, 0.1) is 12.2 Å². The largest absolute Gasteiger partial charge is 0.512 e. The number of carboxylic acid groups (broad SMARTS) is 1. The van der Waals surface area contributed by atoms with Gasteiger partial charge in [0.15, 0.2) is 0 Å². The maximum atomic E-state index is 13.1. The Kier molecular flexibility index (Phi) is 5.36. The highest BCUT2D eigenvalue weighted by atomic mass is 32.1. The van der Waals surface area contributed by atoms with Gasteiger partial charge in [-0.1, -0.05) is 71.5 Å². The zero-order chi connectivity index (χ0) is 20.4. The molecule has 1 saturated carbocycles. The maximum Gasteiger partial charge on any atom is 0.512 e. The highest BCUT2D eigenvalue weighted by molar-refractivity contribution is 7.18. The van der Waals surface area contributed by atoms with E-state index < -0.39 is 6.16 Å². The van der Waals surface area contributed by atoms with Crippen LogP contribution in [0.25, 0.3) is 10.4 Å². The third kappa shape index (κ3) is 4.49. The molecule has 1 aliphatic rings. The molecule has 0 unspecified atom stereocenters. The quantitative estimate of drug-likeness (QED) is 0.531. The van der Waals surface area contributed by atoms with Crippen molar-refractivity contribution in [2.24, 2.45) is 5.92 Å². The van der Waals surface area contributed by atoms with Crippen molar-refractivity contribution in [1.82, 2.24) is 0 Å². The van der Waals surface area contributed by atoms with Gasteiger partial charge in [0, 0.05) is 10.8 Å². The van der Waals surface area contributed by atoms with Crippen LogP contribution < -0.4 is 9.64 Å². The maximum absolute atomic E-state index is 13.1. The van der Waals surface area contributed by atoms with Crippen LogP contribution in [-0.4, -0.2) is 17.2 Å². The lowest BCUT2D eigenvalue weighted by Crippen LogP contribution is -2.31. The van der Waals surface area contributed by atoms with Gasteiger partial charge in [0.1, 0.15) is 0 Å². The Balaban J connectivity index is 1.75. The van der Waals surface area contributed by atoms with Gasteiger partial charge in [0.2, 0.25) is 11.0 Å². The first-order valence-electron chi connectivity index (χ1n) is 9.48. The van der Waals surface area contributed by atoms with E-state index in [9.17, 15) is 14.7 Å². The highest BCUT2D eigenvalue weighted by Crippen LogP contribution is 2.45. The number of hydrogen-bond acceptors (Lipinski definition) is 4. The summed E-state index contributed by atoms with van der Waals surface area (Å²) in [5.41, 5.74) is 3.59. The molecule has 5 nitrogen and oxygen atoms in total. The summed E-state index contributed by atoms with van der Waals surface area (Å²) in [6.07, 6.45) is 0.351. The number of thiophene rings is 1. The number of anilines is 1. The summed E-state index contributed by atoms with van der Waals surface area (Å²) < 4.78 is 5.08. The average molecular weight is 407 g/mol. The molecule has 1 fully saturated rings. The van der Waals surface area contributed by atoms with Gasteiger partial charge in [-0.2, -0.15) is 0 Å². The number of nitrogens with zero attached hydrogens (tertiary/aromatic N) is 1. The standard InChI is InChI=1S/C23H21NO4S/c1-15-7-9-16(10-8-15)14-24(21(25)18-11-12-18)19-13-20(17-5-3-2-4-6-17)29-22(19)28-23(26)27/h2-10,13,18H,11-12,14H2,1H3,(H,26,27). The fourth-order valence-electron chi connectivity index (χ4n) is 3.16. The van der Waals surface area contributed by atoms with Gasteiger partial charge in [-0.25, -0.2) is 4.79 Å². The average Bonchev–Trinajstić information content (AvgIpc) is 3.49. The van der Waals surface area contributed by atoms with Crippen LogP contribution in [0.4, 0.5) is 10.5 Å². The predicted octanol–water partition coefficient (Wildman–Crippen LogP) is 5.72. The molecular formula is C23H21NO4S. The minimum absolute atomic E-state index is 0.00167. The number of benzene rings is 2. The van der Waals surface area contributed by atoms with E-state index in [0.717, 1.165) is 34.4 Å². The molecule has 1 aliphatic carbocycles. The zero-order valence-corrected chi connectivity index (χ0v) is 16.8. The van der Waals surface area contributed by atoms with E-state index in [1.165, 1.54) is 11.3 Å². The molecule has 1 N–H and O–H groups in total. The van der Waals surface area contributed by atoms with Crippen molar-refractivity contribution < 1.29 is 19.4 Å². The van der Waals surface area contributed by atoms with E-state index in [-0.39, 0.29) is 16.9 Å². The first kappa shape index (κ1) is 19.2. The molecule has 0 radical (unpaired) electrons. The molecule has 0 bridgehead atoms. The van der Waals surface area contributed by atoms with E-state index in [1.807, 2.05) is 67.6 Å². The van der Waals surface area contributed by atoms with Crippen LogP contribution in [0.5, 0.6) is 5.06 Å². The number of aryl methyl sites for hydroxylation is 1. The van der Waals surface area contributed by atoms with Crippen LogP contribution in [0.15, 0.2) is 60.7 Å². The zero-order valence-electron chi connectivity index (χ0n) is 16.0. The van der Waals surface area contributed by atoms with E-state index in [1.54, 1.807) is 4.90 Å². The summed E-state index contributed by atoms with van der Waals surface area (Å²) in [6, 6.07) is 19.5. The number of carbonyl (C=O) groups excluding carboxylic acids is 1. The molecule has 1 heterocycles. The van der Waals surface area contributed by atoms with E-state index in [2.05, 4.69) is 0 Å². The molecular weight excluding hydrogens is 386 g/mol. The van der Waals surface area contributed by atoms with Crippen molar-refractivity contribution in [2.75, 3.05) is 4.90 Å². The molecule has 2 aromatic carbocycles. The summed E-state index contributed by atoms with van der Waals surface area (Å²) in [4.78, 5) is 26.9. The number of ether oxygens (including phenoxy) is 1. The molecule has 0 saturated heterocycles. The molecule has 29 heavy (non-hydrogen) atoms. The van der Waals surface area contributed by atoms with Gasteiger partial charge < -0.3 is 14.7 Å². The molecule has 0 spiro atoms. The Bertz CT molecular complexity index is 1020. The fourth-order valence-corrected chi connectivity index (χ4v) is 4.17. The molecule has 1 aromatic heterocycles. The fraction of sp³-hybridized carbons (Fsp3) is 0.217. The summed E-state index contributed by atoms with van der Waals surface area (Å²) in [5.74, 6) is 0.0106. The van der Waals surface area contributed by atoms with E-state index in [4.69, 9.17) is 4.74 Å². The molecule has 148 valence electrons. The minimum Gasteiger partial charge on any atom is -0.449 e. The Labute approximate surface area is 173 Å². The summed E-state index contributed by atoms with van der Waals surface area (Å²) in [7, 11) is 0. The normalized spacial score (nSPS) is 13.1. The summed E-state index contributed by atoms with van der Waals surface area (Å²) in [6.45, 7) is 2.39. The predicted molar refractivity (Wildman–Crippen MR) is 114 cm³/mol. The van der Waals surface area contributed by atoms with Crippen LogP contribution in [0.3, 0.4) is 0 Å². The number of amides is 1. The lowest BCUT2D eigenvalue weighted by Gasteiger charge is -2.23. The molecule has 1 amide bonds. The monoisotopic (exact) mass is 407 g/mol. The minimum atomic E-state index is -1.39. The van der Waals surface area contributed by atoms with Crippen LogP contribution >= 0.6 is 11.3 Å². The lowest BCUT2D eigenvalue weighted by molar-refractivity contribution is -0.119. The second-order valence-electron chi connectivity index (χ2n) is 7.20. The number of carbonyl (C=O) groups is 2. The van der Waals surface area contributed by atoms with Crippen LogP contribution in [0.1, 0.15) is 24.0 Å². The van der Waals surface area contributed by atoms with Gasteiger partial charge in [0.25, 0.3) is 0 Å². The van der Waals surface area contributed by atoms with Crippen LogP contribution in [0.2, 0.25) is 0 Å². The van der Waals surface area contributed by atoms with Crippen molar-refractivity contribution in [1.29, 1.82) is 0 Å². The Hall–Kier alpha value is -3.12. The van der Waals surface area contributed by atoms with Crippen molar-refractivity contribution in [3.05, 3.63) is 71.8 Å². The summed E-state index contributed by atoms with van der Waals surface area (Å²) >= 11 is 1.23. The highest BCUT2D eigenvalue weighted by Gasteiger charge is 2.36. The van der Waals surface area contributed by atoms with Crippen molar-refractivity contribution in [3.8, 4) is 15.5 Å². The second kappa shape index (κ2) is 8.09. The van der Waals surface area contributed by atoms with E-state index in [0.29, 0.717) is 12.2 Å². The first-order valence-corrected chi connectivity index (χ1v) is 10.3. The SMILES string of the molecule is Cc1ccc(CN(C(=O)C2CC2)c2cc(-c3ccccc3)sc2OC(=O)O)cc1. The Morgan fingerprint density at radius 1 is 1.10 bits per heavy atom. The van der Waals surface area contributed by atoms with Crippen molar-refractivity contribution in [3.63, 3.8) is 0 Å². The lowest BCUT2D eigenvalue weighted by atomic mass is 10.1. The van der Waals surface area contributed by atoms with Crippen molar-refractivity contribution in [2.45, 2.75) is 26.3 Å². The van der Waals surface area contributed by atoms with Gasteiger partial charge >= 0.3 is 6.16 Å². The smallest absolute Gasteiger partial charge is 0.449 e. The molecule has 6 heteroatoms. The van der Waals surface area contributed by atoms with Crippen LogP contribution in [-0.2, 0) is 11.3 Å². The Morgan fingerprint density at radius 2 is 1.79 bits per heavy atom. The second-order valence-corrected chi connectivity index (χ2v) is 8.22. The topological polar surface area (TPSA) is 66.8 Å². The van der Waals surface area contributed by atoms with Gasteiger partial charge in [-0.3, -0.25) is 4.79 Å². The molecule has 0 aliphatic heterocycles. The van der Waals surface area contributed by atoms with E-state index >= 15 is 0 Å². The molecule has 0 atom stereocenters. The van der Waals surface area contributed by atoms with Gasteiger partial charge in [-0.15, -0.1) is 0 Å². The summed E-state index contributed by atoms with van der Waals surface area (Å²) in [5, 5.41) is 9.43.